The Morgan fingerprint density at radius 3 is 2.77 bits per heavy atom. The van der Waals surface area contributed by atoms with Crippen LogP contribution in [-0.4, -0.2) is 40.6 Å². The molecule has 0 radical (unpaired) electrons. The number of amides is 1. The van der Waals surface area contributed by atoms with Crippen molar-refractivity contribution in [1.82, 2.24) is 14.8 Å². The quantitative estimate of drug-likeness (QED) is 0.446. The average molecular weight is 431 g/mol. The topological polar surface area (TPSA) is 78.3 Å². The molecule has 1 fully saturated rings. The maximum atomic E-state index is 12.5. The second-order valence-electron chi connectivity index (χ2n) is 7.41. The maximum Gasteiger partial charge on any atom is 0.234 e. The highest BCUT2D eigenvalue weighted by molar-refractivity contribution is 7.99. The van der Waals surface area contributed by atoms with Gasteiger partial charge in [-0.25, -0.2) is 0 Å². The van der Waals surface area contributed by atoms with Crippen LogP contribution in [0.25, 0.3) is 0 Å². The van der Waals surface area contributed by atoms with Crippen molar-refractivity contribution in [2.24, 2.45) is 5.92 Å². The van der Waals surface area contributed by atoms with Crippen LogP contribution in [-0.2, 0) is 17.8 Å². The lowest BCUT2D eigenvalue weighted by atomic mass is 9.87. The predicted molar refractivity (Wildman–Crippen MR) is 119 cm³/mol. The molecule has 1 aromatic heterocycles. The van der Waals surface area contributed by atoms with Crippen molar-refractivity contribution in [3.05, 3.63) is 36.7 Å². The monoisotopic (exact) mass is 430 g/mol. The molecule has 1 saturated carbocycles. The number of methoxy groups -OCH3 is 2. The number of aromatic nitrogens is 3. The number of thioether (sulfide) groups is 1. The number of carbonyl (C=O) groups excluding carboxylic acids is 1. The number of rotatable bonds is 10. The Kier molecular flexibility index (Phi) is 8.19. The molecule has 0 bridgehead atoms. The van der Waals surface area contributed by atoms with Gasteiger partial charge in [-0.15, -0.1) is 16.8 Å². The smallest absolute Gasteiger partial charge is 0.234 e. The Morgan fingerprint density at radius 1 is 1.27 bits per heavy atom. The van der Waals surface area contributed by atoms with Gasteiger partial charge in [0.2, 0.25) is 5.91 Å². The highest BCUT2D eigenvalue weighted by Crippen LogP contribution is 2.30. The van der Waals surface area contributed by atoms with Crippen LogP contribution in [0.2, 0.25) is 0 Å². The van der Waals surface area contributed by atoms with Crippen LogP contribution in [0.1, 0.15) is 37.9 Å². The van der Waals surface area contributed by atoms with E-state index in [0.717, 1.165) is 17.4 Å². The minimum Gasteiger partial charge on any atom is -0.497 e. The molecule has 0 spiro atoms. The maximum absolute atomic E-state index is 12.5. The fraction of sp³-hybridized carbons (Fsp3) is 0.500. The normalized spacial score (nSPS) is 14.3. The van der Waals surface area contributed by atoms with E-state index in [0.29, 0.717) is 29.6 Å². The summed E-state index contributed by atoms with van der Waals surface area (Å²) in [5.41, 5.74) is 0.606. The van der Waals surface area contributed by atoms with Crippen molar-refractivity contribution >= 4 is 23.4 Å². The van der Waals surface area contributed by atoms with Gasteiger partial charge in [-0.2, -0.15) is 0 Å². The predicted octanol–water partition coefficient (Wildman–Crippen LogP) is 4.33. The lowest BCUT2D eigenvalue weighted by molar-refractivity contribution is -0.113. The standard InChI is InChI=1S/C22H30N4O3S/c1-4-12-26-20(13-16-8-6-5-7-9-16)24-25-22(26)30-15-21(27)23-18-11-10-17(28-2)14-19(18)29-3/h4,10-11,14,16H,1,5-9,12-13,15H2,2-3H3,(H,23,27). The summed E-state index contributed by atoms with van der Waals surface area (Å²) in [7, 11) is 3.15. The summed E-state index contributed by atoms with van der Waals surface area (Å²) in [6, 6.07) is 5.28. The number of nitrogens with zero attached hydrogens (tertiary/aromatic N) is 3. The SMILES string of the molecule is C=CCn1c(CC2CCCCC2)nnc1SCC(=O)Nc1ccc(OC)cc1OC. The zero-order valence-electron chi connectivity index (χ0n) is 17.7. The Hall–Kier alpha value is -2.48. The van der Waals surface area contributed by atoms with Gasteiger partial charge in [0.15, 0.2) is 5.16 Å². The van der Waals surface area contributed by atoms with Crippen molar-refractivity contribution in [3.63, 3.8) is 0 Å². The van der Waals surface area contributed by atoms with Crippen LogP contribution < -0.4 is 14.8 Å². The molecule has 3 rings (SSSR count). The van der Waals surface area contributed by atoms with E-state index < -0.39 is 0 Å². The van der Waals surface area contributed by atoms with Crippen molar-refractivity contribution in [3.8, 4) is 11.5 Å². The Bertz CT molecular complexity index is 862. The largest absolute Gasteiger partial charge is 0.497 e. The summed E-state index contributed by atoms with van der Waals surface area (Å²) in [6.07, 6.45) is 9.25. The van der Waals surface area contributed by atoms with Gasteiger partial charge in [0, 0.05) is 19.0 Å². The highest BCUT2D eigenvalue weighted by Gasteiger charge is 2.20. The molecule has 1 N–H and O–H groups in total. The van der Waals surface area contributed by atoms with E-state index in [1.807, 2.05) is 6.08 Å². The lowest BCUT2D eigenvalue weighted by Crippen LogP contribution is -2.16. The first-order chi connectivity index (χ1) is 14.6. The summed E-state index contributed by atoms with van der Waals surface area (Å²) in [5, 5.41) is 12.4. The molecule has 0 atom stereocenters. The molecular weight excluding hydrogens is 400 g/mol. The molecule has 1 heterocycles. The number of carbonyl (C=O) groups is 1. The number of anilines is 1. The molecule has 1 aliphatic rings. The molecule has 0 saturated heterocycles. The number of ether oxygens (including phenoxy) is 2. The summed E-state index contributed by atoms with van der Waals surface area (Å²) in [5.74, 6) is 2.98. The molecule has 30 heavy (non-hydrogen) atoms. The van der Waals surface area contributed by atoms with Gasteiger partial charge < -0.3 is 19.4 Å². The van der Waals surface area contributed by atoms with Gasteiger partial charge in [-0.3, -0.25) is 4.79 Å². The van der Waals surface area contributed by atoms with Crippen LogP contribution in [0, 0.1) is 5.92 Å². The molecular formula is C22H30N4O3S. The van der Waals surface area contributed by atoms with Gasteiger partial charge >= 0.3 is 0 Å². The Labute approximate surface area is 182 Å². The van der Waals surface area contributed by atoms with Crippen molar-refractivity contribution in [2.75, 3.05) is 25.3 Å². The minimum atomic E-state index is -0.134. The van der Waals surface area contributed by atoms with Gasteiger partial charge in [-0.05, 0) is 18.1 Å². The molecule has 1 aromatic carbocycles. The van der Waals surface area contributed by atoms with Crippen LogP contribution in [0.4, 0.5) is 5.69 Å². The number of hydrogen-bond acceptors (Lipinski definition) is 6. The zero-order chi connectivity index (χ0) is 21.3. The fourth-order valence-corrected chi connectivity index (χ4v) is 4.52. The second kappa shape index (κ2) is 11.1. The number of allylic oxidation sites excluding steroid dienone is 1. The second-order valence-corrected chi connectivity index (χ2v) is 8.35. The summed E-state index contributed by atoms with van der Waals surface area (Å²) in [6.45, 7) is 4.50. The number of benzene rings is 1. The van der Waals surface area contributed by atoms with Crippen LogP contribution in [0.3, 0.4) is 0 Å². The molecule has 0 unspecified atom stereocenters. The third kappa shape index (κ3) is 5.78. The summed E-state index contributed by atoms with van der Waals surface area (Å²) in [4.78, 5) is 12.5. The average Bonchev–Trinajstić information content (AvgIpc) is 3.14. The molecule has 162 valence electrons. The molecule has 7 nitrogen and oxygen atoms in total. The van der Waals surface area contributed by atoms with Crippen molar-refractivity contribution < 1.29 is 14.3 Å². The third-order valence-corrected chi connectivity index (χ3v) is 6.28. The summed E-state index contributed by atoms with van der Waals surface area (Å²) < 4.78 is 12.6. The van der Waals surface area contributed by atoms with E-state index in [9.17, 15) is 4.79 Å². The van der Waals surface area contributed by atoms with E-state index in [-0.39, 0.29) is 11.7 Å². The molecule has 1 aliphatic carbocycles. The first kappa shape index (κ1) is 22.2. The van der Waals surface area contributed by atoms with Crippen LogP contribution in [0.15, 0.2) is 36.0 Å². The van der Waals surface area contributed by atoms with Gasteiger partial charge in [0.05, 0.1) is 25.7 Å². The molecule has 2 aromatic rings. The lowest BCUT2D eigenvalue weighted by Gasteiger charge is -2.21. The van der Waals surface area contributed by atoms with E-state index in [2.05, 4.69) is 26.7 Å². The van der Waals surface area contributed by atoms with Crippen molar-refractivity contribution in [2.45, 2.75) is 50.2 Å². The molecule has 1 amide bonds. The fourth-order valence-electron chi connectivity index (χ4n) is 3.76. The van der Waals surface area contributed by atoms with Crippen LogP contribution in [0.5, 0.6) is 11.5 Å². The van der Waals surface area contributed by atoms with E-state index in [4.69, 9.17) is 9.47 Å². The molecule has 0 aliphatic heterocycles. The van der Waals surface area contributed by atoms with E-state index in [1.165, 1.54) is 43.9 Å². The van der Waals surface area contributed by atoms with Crippen molar-refractivity contribution in [1.29, 1.82) is 0 Å². The zero-order valence-corrected chi connectivity index (χ0v) is 18.5. The third-order valence-electron chi connectivity index (χ3n) is 5.32. The Balaban J connectivity index is 1.62. The first-order valence-corrected chi connectivity index (χ1v) is 11.3. The van der Waals surface area contributed by atoms with Gasteiger partial charge in [0.1, 0.15) is 17.3 Å². The molecule has 8 heteroatoms. The van der Waals surface area contributed by atoms with Gasteiger partial charge in [-0.1, -0.05) is 49.9 Å². The minimum absolute atomic E-state index is 0.134. The number of hydrogen-bond donors (Lipinski definition) is 1. The van der Waals surface area contributed by atoms with Crippen LogP contribution >= 0.6 is 11.8 Å². The highest BCUT2D eigenvalue weighted by atomic mass is 32.2. The Morgan fingerprint density at radius 2 is 2.07 bits per heavy atom. The number of nitrogens with one attached hydrogen (secondary N) is 1. The summed E-state index contributed by atoms with van der Waals surface area (Å²) >= 11 is 1.38. The van der Waals surface area contributed by atoms with E-state index >= 15 is 0 Å². The first-order valence-electron chi connectivity index (χ1n) is 10.3. The van der Waals surface area contributed by atoms with Gasteiger partial charge in [0.25, 0.3) is 0 Å². The van der Waals surface area contributed by atoms with E-state index in [1.54, 1.807) is 32.4 Å².